The van der Waals surface area contributed by atoms with E-state index in [1.54, 1.807) is 38.3 Å². The van der Waals surface area contributed by atoms with Crippen molar-refractivity contribution in [1.82, 2.24) is 10.6 Å². The van der Waals surface area contributed by atoms with E-state index in [0.717, 1.165) is 5.56 Å². The maximum absolute atomic E-state index is 11.6. The topological polar surface area (TPSA) is 108 Å². The highest BCUT2D eigenvalue weighted by Crippen LogP contribution is 2.16. The van der Waals surface area contributed by atoms with E-state index >= 15 is 0 Å². The molecule has 0 saturated heterocycles. The van der Waals surface area contributed by atoms with E-state index in [9.17, 15) is 9.59 Å². The largest absolute Gasteiger partial charge is 0.497 e. The summed E-state index contributed by atoms with van der Waals surface area (Å²) in [5.41, 5.74) is 0.844. The molecule has 2 amide bonds. The summed E-state index contributed by atoms with van der Waals surface area (Å²) in [5.74, 6) is -0.587. The fourth-order valence-electron chi connectivity index (χ4n) is 1.56. The van der Waals surface area contributed by atoms with Gasteiger partial charge < -0.3 is 25.6 Å². The molecule has 110 valence electrons. The fraction of sp³-hybridized carbons (Fsp3) is 0.385. The van der Waals surface area contributed by atoms with Crippen molar-refractivity contribution in [1.29, 1.82) is 0 Å². The summed E-state index contributed by atoms with van der Waals surface area (Å²) in [5, 5.41) is 22.3. The van der Waals surface area contributed by atoms with E-state index in [4.69, 9.17) is 14.9 Å². The van der Waals surface area contributed by atoms with Gasteiger partial charge in [-0.1, -0.05) is 12.1 Å². The number of carboxylic acids is 1. The highest BCUT2D eigenvalue weighted by molar-refractivity contribution is 5.82. The first-order valence-corrected chi connectivity index (χ1v) is 6.02. The summed E-state index contributed by atoms with van der Waals surface area (Å²) in [6, 6.07) is 4.83. The van der Waals surface area contributed by atoms with Crippen LogP contribution in [0, 0.1) is 0 Å². The molecule has 7 nitrogen and oxygen atoms in total. The van der Waals surface area contributed by atoms with Gasteiger partial charge in [0, 0.05) is 0 Å². The monoisotopic (exact) mass is 282 g/mol. The lowest BCUT2D eigenvalue weighted by Crippen LogP contribution is -2.48. The van der Waals surface area contributed by atoms with Gasteiger partial charge in [-0.2, -0.15) is 0 Å². The van der Waals surface area contributed by atoms with Gasteiger partial charge in [0.15, 0.2) is 6.04 Å². The molecule has 0 radical (unpaired) electrons. The first-order valence-electron chi connectivity index (χ1n) is 6.02. The van der Waals surface area contributed by atoms with Crippen LogP contribution in [0.1, 0.15) is 18.5 Å². The first-order chi connectivity index (χ1) is 9.47. The first kappa shape index (κ1) is 15.8. The number of ether oxygens (including phenoxy) is 1. The van der Waals surface area contributed by atoms with Crippen LogP contribution >= 0.6 is 0 Å². The number of hydrogen-bond acceptors (Lipinski definition) is 4. The lowest BCUT2D eigenvalue weighted by molar-refractivity contribution is -0.140. The summed E-state index contributed by atoms with van der Waals surface area (Å²) >= 11 is 0. The molecule has 1 aromatic rings. The zero-order valence-corrected chi connectivity index (χ0v) is 11.3. The van der Waals surface area contributed by atoms with Crippen LogP contribution < -0.4 is 15.4 Å². The van der Waals surface area contributed by atoms with Crippen LogP contribution in [0.25, 0.3) is 0 Å². The maximum Gasteiger partial charge on any atom is 0.328 e. The number of amides is 2. The average molecular weight is 282 g/mol. The van der Waals surface area contributed by atoms with Gasteiger partial charge in [-0.05, 0) is 24.6 Å². The molecular formula is C13H18N2O5. The third kappa shape index (κ3) is 4.43. The van der Waals surface area contributed by atoms with Crippen LogP contribution in [0.3, 0.4) is 0 Å². The number of urea groups is 1. The number of carboxylic acid groups (broad SMARTS) is 1. The lowest BCUT2D eigenvalue weighted by atomic mass is 10.1. The number of rotatable bonds is 6. The number of hydrogen-bond donors (Lipinski definition) is 4. The Morgan fingerprint density at radius 1 is 1.25 bits per heavy atom. The number of carbonyl (C=O) groups excluding carboxylic acids is 1. The molecule has 0 heterocycles. The minimum absolute atomic E-state index is 0.311. The van der Waals surface area contributed by atoms with Gasteiger partial charge in [0.05, 0.1) is 19.8 Å². The zero-order valence-electron chi connectivity index (χ0n) is 11.3. The van der Waals surface area contributed by atoms with Gasteiger partial charge in [0.25, 0.3) is 0 Å². The van der Waals surface area contributed by atoms with Crippen LogP contribution in [0.2, 0.25) is 0 Å². The Morgan fingerprint density at radius 3 is 2.30 bits per heavy atom. The molecule has 0 aromatic heterocycles. The number of aliphatic carboxylic acids is 1. The van der Waals surface area contributed by atoms with E-state index in [0.29, 0.717) is 5.75 Å². The minimum atomic E-state index is -1.32. The van der Waals surface area contributed by atoms with Crippen LogP contribution in [0.4, 0.5) is 4.79 Å². The molecule has 20 heavy (non-hydrogen) atoms. The second-order valence-corrected chi connectivity index (χ2v) is 4.19. The molecule has 0 bridgehead atoms. The van der Waals surface area contributed by atoms with E-state index in [-0.39, 0.29) is 6.04 Å². The van der Waals surface area contributed by atoms with E-state index in [2.05, 4.69) is 10.6 Å². The molecule has 0 saturated carbocycles. The molecule has 0 aliphatic carbocycles. The number of methoxy groups -OCH3 is 1. The van der Waals surface area contributed by atoms with Gasteiger partial charge in [-0.3, -0.25) is 0 Å². The van der Waals surface area contributed by atoms with Crippen molar-refractivity contribution in [2.45, 2.75) is 19.0 Å². The molecule has 0 spiro atoms. The standard InChI is InChI=1S/C13H18N2O5/c1-8(9-3-5-10(20-2)6-4-9)14-13(19)15-11(7-16)12(17)18/h3-6,8,11,16H,7H2,1-2H3,(H,17,18)(H2,14,15,19). The Morgan fingerprint density at radius 2 is 1.85 bits per heavy atom. The quantitative estimate of drug-likeness (QED) is 0.607. The van der Waals surface area contributed by atoms with Crippen molar-refractivity contribution in [2.75, 3.05) is 13.7 Å². The Bertz CT molecular complexity index is 460. The molecule has 0 aliphatic heterocycles. The van der Waals surface area contributed by atoms with Crippen molar-refractivity contribution in [3.63, 3.8) is 0 Å². The van der Waals surface area contributed by atoms with Crippen LogP contribution in [-0.2, 0) is 4.79 Å². The summed E-state index contributed by atoms with van der Waals surface area (Å²) < 4.78 is 5.03. The van der Waals surface area contributed by atoms with Gasteiger partial charge in [-0.25, -0.2) is 9.59 Å². The molecule has 4 N–H and O–H groups in total. The van der Waals surface area contributed by atoms with Crippen molar-refractivity contribution >= 4 is 12.0 Å². The van der Waals surface area contributed by atoms with Gasteiger partial charge in [-0.15, -0.1) is 0 Å². The normalized spacial score (nSPS) is 13.2. The third-order valence-electron chi connectivity index (χ3n) is 2.75. The summed E-state index contributed by atoms with van der Waals surface area (Å²) in [6.07, 6.45) is 0. The number of aliphatic hydroxyl groups is 1. The molecule has 2 unspecified atom stereocenters. The van der Waals surface area contributed by atoms with E-state index < -0.39 is 24.6 Å². The molecular weight excluding hydrogens is 264 g/mol. The highest BCUT2D eigenvalue weighted by Gasteiger charge is 2.19. The van der Waals surface area contributed by atoms with Crippen molar-refractivity contribution < 1.29 is 24.5 Å². The van der Waals surface area contributed by atoms with Crippen molar-refractivity contribution in [3.8, 4) is 5.75 Å². The van der Waals surface area contributed by atoms with E-state index in [1.807, 2.05) is 0 Å². The van der Waals surface area contributed by atoms with Gasteiger partial charge in [0.1, 0.15) is 5.75 Å². The van der Waals surface area contributed by atoms with Crippen molar-refractivity contribution in [2.24, 2.45) is 0 Å². The second kappa shape index (κ2) is 7.34. The van der Waals surface area contributed by atoms with Gasteiger partial charge >= 0.3 is 12.0 Å². The Hall–Kier alpha value is -2.28. The second-order valence-electron chi connectivity index (χ2n) is 4.19. The van der Waals surface area contributed by atoms with Crippen molar-refractivity contribution in [3.05, 3.63) is 29.8 Å². The minimum Gasteiger partial charge on any atom is -0.497 e. The predicted molar refractivity (Wildman–Crippen MR) is 71.6 cm³/mol. The molecule has 1 rings (SSSR count). The number of aliphatic hydroxyl groups excluding tert-OH is 1. The van der Waals surface area contributed by atoms with Crippen LogP contribution in [0.5, 0.6) is 5.75 Å². The average Bonchev–Trinajstić information content (AvgIpc) is 2.44. The third-order valence-corrected chi connectivity index (χ3v) is 2.75. The molecule has 7 heteroatoms. The molecule has 0 fully saturated rings. The maximum atomic E-state index is 11.6. The summed E-state index contributed by atoms with van der Waals surface area (Å²) in [6.45, 7) is 1.09. The number of nitrogens with one attached hydrogen (secondary N) is 2. The summed E-state index contributed by atoms with van der Waals surface area (Å²) in [4.78, 5) is 22.3. The lowest BCUT2D eigenvalue weighted by Gasteiger charge is -2.17. The SMILES string of the molecule is COc1ccc(C(C)NC(=O)NC(CO)C(=O)O)cc1. The van der Waals surface area contributed by atoms with Crippen LogP contribution in [0.15, 0.2) is 24.3 Å². The Kier molecular flexibility index (Phi) is 5.79. The molecule has 0 aliphatic rings. The predicted octanol–water partition coefficient (Wildman–Crippen LogP) is 0.501. The zero-order chi connectivity index (χ0) is 15.1. The number of benzene rings is 1. The summed E-state index contributed by atoms with van der Waals surface area (Å²) in [7, 11) is 1.56. The van der Waals surface area contributed by atoms with E-state index in [1.165, 1.54) is 0 Å². The number of carbonyl (C=O) groups is 2. The molecule has 2 atom stereocenters. The fourth-order valence-corrected chi connectivity index (χ4v) is 1.56. The highest BCUT2D eigenvalue weighted by atomic mass is 16.5. The Labute approximate surface area is 116 Å². The smallest absolute Gasteiger partial charge is 0.328 e. The van der Waals surface area contributed by atoms with Gasteiger partial charge in [0.2, 0.25) is 0 Å². The Balaban J connectivity index is 2.58. The molecule has 1 aromatic carbocycles. The van der Waals surface area contributed by atoms with Crippen LogP contribution in [-0.4, -0.2) is 42.0 Å².